The number of nitrogens with one attached hydrogen (secondary N) is 14. The molecule has 0 saturated heterocycles. The van der Waals surface area contributed by atoms with Crippen LogP contribution in [0.1, 0.15) is 167 Å². The first-order valence-electron chi connectivity index (χ1n) is 37.6. The molecule has 15 amide bonds. The van der Waals surface area contributed by atoms with Gasteiger partial charge in [-0.05, 0) is 100 Å². The first kappa shape index (κ1) is 101. The van der Waals surface area contributed by atoms with Crippen molar-refractivity contribution < 1.29 is 112 Å². The van der Waals surface area contributed by atoms with Gasteiger partial charge >= 0.3 is 17.9 Å². The molecule has 1 rings (SSSR count). The van der Waals surface area contributed by atoms with Gasteiger partial charge in [0.1, 0.15) is 84.6 Å². The maximum absolute atomic E-state index is 14.4. The van der Waals surface area contributed by atoms with Gasteiger partial charge in [-0.25, -0.2) is 4.79 Å². The third-order valence-corrected chi connectivity index (χ3v) is 17.9. The minimum atomic E-state index is -2.08. The fourth-order valence-corrected chi connectivity index (χ4v) is 11.0. The van der Waals surface area contributed by atoms with Gasteiger partial charge in [0.15, 0.2) is 0 Å². The molecule has 0 saturated carbocycles. The van der Waals surface area contributed by atoms with Crippen LogP contribution in [0.4, 0.5) is 0 Å². The Bertz CT molecular complexity index is 3430. The lowest BCUT2D eigenvalue weighted by Gasteiger charge is -2.30. The van der Waals surface area contributed by atoms with Crippen LogP contribution in [0.5, 0.6) is 0 Å². The van der Waals surface area contributed by atoms with Crippen molar-refractivity contribution in [3.05, 3.63) is 35.9 Å². The summed E-state index contributed by atoms with van der Waals surface area (Å²) < 4.78 is 0. The normalized spacial score (nSPS) is 15.9. The first-order valence-corrected chi connectivity index (χ1v) is 37.6. The van der Waals surface area contributed by atoms with Gasteiger partial charge in [0.2, 0.25) is 88.6 Å². The molecule has 1 aromatic carbocycles. The smallest absolute Gasteiger partial charge is 0.328 e. The Hall–Kier alpha value is -10.5. The molecule has 25 N–H and O–H groups in total. The summed E-state index contributed by atoms with van der Waals surface area (Å²) in [7, 11) is 0. The predicted octanol–water partition coefficient (Wildman–Crippen LogP) is -5.10. The molecule has 113 heavy (non-hydrogen) atoms. The molecule has 0 spiro atoms. The van der Waals surface area contributed by atoms with E-state index in [1.807, 2.05) is 5.32 Å². The Labute approximate surface area is 656 Å². The van der Waals surface area contributed by atoms with Gasteiger partial charge in [-0.15, -0.1) is 0 Å². The summed E-state index contributed by atoms with van der Waals surface area (Å²) in [4.78, 5) is 243. The number of hydrogen-bond acceptors (Lipinski definition) is 22. The molecule has 0 heterocycles. The molecule has 636 valence electrons. The summed E-state index contributed by atoms with van der Waals surface area (Å²) in [6.45, 7) is 22.5. The van der Waals surface area contributed by atoms with E-state index >= 15 is 0 Å². The van der Waals surface area contributed by atoms with Gasteiger partial charge < -0.3 is 117 Å². The highest BCUT2D eigenvalue weighted by atomic mass is 16.4. The second-order valence-electron chi connectivity index (χ2n) is 29.9. The van der Waals surface area contributed by atoms with E-state index in [0.717, 1.165) is 6.92 Å². The van der Waals surface area contributed by atoms with E-state index in [1.54, 1.807) is 94.4 Å². The Morgan fingerprint density at radius 2 is 0.726 bits per heavy atom. The molecule has 0 radical (unpaired) electrons. The lowest BCUT2D eigenvalue weighted by Crippen LogP contribution is -2.62. The number of aliphatic carboxylic acids is 3. The van der Waals surface area contributed by atoms with Gasteiger partial charge in [0.25, 0.3) is 0 Å². The topological polar surface area (TPSA) is 655 Å². The van der Waals surface area contributed by atoms with E-state index in [-0.39, 0.29) is 56.4 Å². The van der Waals surface area contributed by atoms with Crippen LogP contribution >= 0.6 is 0 Å². The Balaban J connectivity index is 3.46. The summed E-state index contributed by atoms with van der Waals surface area (Å²) in [6, 6.07) is -15.9. The van der Waals surface area contributed by atoms with Gasteiger partial charge in [-0.1, -0.05) is 120 Å². The highest BCUT2D eigenvalue weighted by Gasteiger charge is 2.41. The van der Waals surface area contributed by atoms with Crippen LogP contribution in [-0.2, 0) is 92.7 Å². The molecule has 0 aliphatic heterocycles. The number of unbranched alkanes of at least 4 members (excludes halogenated alkanes) is 1. The molecule has 40 heteroatoms. The highest BCUT2D eigenvalue weighted by molar-refractivity contribution is 6.02. The maximum atomic E-state index is 14.4. The quantitative estimate of drug-likeness (QED) is 0.0271. The fraction of sp³-hybridized carbons (Fsp3) is 0.671. The summed E-state index contributed by atoms with van der Waals surface area (Å²) in [5.74, 6) is -23.7. The molecule has 0 aliphatic rings. The SMILES string of the molecule is CC[C@H](C)[C@H](NC(=O)[C@H](CC(=O)O)NC(=O)[C@H](C)NC(=O)[C@H](CC(C)C)NC(=O)[C@H](CC(C)C)NC(=O)[C@@H](NC(=O)[C@@H](NC(=O)[C@H](C)NC(=O)[C@H](CCCCN)NC(=O)[C@@H](NC(=O)[C@@H](N)C(C)C)C(C)C)[C@@H](C)O)C(C)C)C(=O)N[C@@H](CC(N)=O)C(=O)N[C@@H](CC(=O)O)C(=O)N[C@@H](Cc1ccccc1)C(=O)N[C@@H](CO)C(=O)O. The number of aliphatic hydroxyl groups is 2. The van der Waals surface area contributed by atoms with Crippen molar-refractivity contribution in [3.63, 3.8) is 0 Å². The monoisotopic (exact) mass is 1600 g/mol. The van der Waals surface area contributed by atoms with Crippen LogP contribution < -0.4 is 91.6 Å². The fourth-order valence-electron chi connectivity index (χ4n) is 11.0. The van der Waals surface area contributed by atoms with Gasteiger partial charge in [0.05, 0.1) is 38.0 Å². The molecule has 0 fully saturated rings. The third kappa shape index (κ3) is 36.3. The van der Waals surface area contributed by atoms with Gasteiger partial charge in [-0.3, -0.25) is 81.5 Å². The van der Waals surface area contributed by atoms with Gasteiger partial charge in [-0.2, -0.15) is 0 Å². The largest absolute Gasteiger partial charge is 0.481 e. The molecule has 40 nitrogen and oxygen atoms in total. The average Bonchev–Trinajstić information content (AvgIpc) is 0.855. The van der Waals surface area contributed by atoms with E-state index < -0.39 is 247 Å². The average molecular weight is 1600 g/mol. The third-order valence-electron chi connectivity index (χ3n) is 17.9. The lowest BCUT2D eigenvalue weighted by atomic mass is 9.97. The van der Waals surface area contributed by atoms with Gasteiger partial charge in [0, 0.05) is 6.42 Å². The Morgan fingerprint density at radius 1 is 0.381 bits per heavy atom. The number of amides is 15. The number of benzene rings is 1. The van der Waals surface area contributed by atoms with E-state index in [1.165, 1.54) is 32.9 Å². The Kier molecular flexibility index (Phi) is 44.3. The molecule has 0 unspecified atom stereocenters. The number of hydrogen-bond donors (Lipinski definition) is 22. The minimum Gasteiger partial charge on any atom is -0.481 e. The van der Waals surface area contributed by atoms with Crippen LogP contribution in [0.3, 0.4) is 0 Å². The number of primary amides is 1. The van der Waals surface area contributed by atoms with Crippen LogP contribution in [0.25, 0.3) is 0 Å². The molecular weight excluding hydrogens is 1480 g/mol. The van der Waals surface area contributed by atoms with Crippen molar-refractivity contribution >= 4 is 107 Å². The molecule has 1 aromatic rings. The number of carboxylic acid groups (broad SMARTS) is 3. The van der Waals surface area contributed by atoms with Crippen molar-refractivity contribution in [2.24, 2.45) is 52.7 Å². The minimum absolute atomic E-state index is 0.0549. The lowest BCUT2D eigenvalue weighted by molar-refractivity contribution is -0.144. The summed E-state index contributed by atoms with van der Waals surface area (Å²) in [5, 5.41) is 83.2. The first-order chi connectivity index (χ1) is 52.6. The number of carboxylic acids is 3. The zero-order valence-electron chi connectivity index (χ0n) is 66.9. The summed E-state index contributed by atoms with van der Waals surface area (Å²) in [5.41, 5.74) is 17.6. The number of nitrogens with two attached hydrogens (primary N) is 3. The molecule has 0 aliphatic carbocycles. The van der Waals surface area contributed by atoms with Crippen molar-refractivity contribution in [2.75, 3.05) is 13.2 Å². The van der Waals surface area contributed by atoms with E-state index in [2.05, 4.69) is 69.1 Å². The van der Waals surface area contributed by atoms with E-state index in [4.69, 9.17) is 17.2 Å². The van der Waals surface area contributed by atoms with Crippen molar-refractivity contribution in [1.82, 2.24) is 74.4 Å². The van der Waals surface area contributed by atoms with Crippen molar-refractivity contribution in [2.45, 2.75) is 265 Å². The predicted molar refractivity (Wildman–Crippen MR) is 407 cm³/mol. The molecule has 0 bridgehead atoms. The molecule has 0 aromatic heterocycles. The highest BCUT2D eigenvalue weighted by Crippen LogP contribution is 2.16. The van der Waals surface area contributed by atoms with Crippen LogP contribution in [0.2, 0.25) is 0 Å². The summed E-state index contributed by atoms with van der Waals surface area (Å²) in [6.07, 6.45) is -4.44. The molecule has 17 atom stereocenters. The number of carbonyl (C=O) groups excluding carboxylic acids is 15. The van der Waals surface area contributed by atoms with Crippen LogP contribution in [0, 0.1) is 35.5 Å². The second kappa shape index (κ2) is 49.8. The van der Waals surface area contributed by atoms with Crippen molar-refractivity contribution in [3.8, 4) is 0 Å². The van der Waals surface area contributed by atoms with E-state index in [0.29, 0.717) is 18.4 Å². The zero-order chi connectivity index (χ0) is 86.6. The maximum Gasteiger partial charge on any atom is 0.328 e. The molecular formula is C73H121N17O23. The van der Waals surface area contributed by atoms with Crippen LogP contribution in [0.15, 0.2) is 30.3 Å². The number of aliphatic hydroxyl groups excluding tert-OH is 2. The summed E-state index contributed by atoms with van der Waals surface area (Å²) >= 11 is 0. The van der Waals surface area contributed by atoms with E-state index in [9.17, 15) is 112 Å². The van der Waals surface area contributed by atoms with Crippen LogP contribution in [-0.4, -0.2) is 242 Å². The number of rotatable bonds is 52. The van der Waals surface area contributed by atoms with Crippen molar-refractivity contribution in [1.29, 1.82) is 0 Å². The zero-order valence-corrected chi connectivity index (χ0v) is 66.9. The second-order valence-corrected chi connectivity index (χ2v) is 29.9. The Morgan fingerprint density at radius 3 is 1.15 bits per heavy atom. The number of carbonyl (C=O) groups is 18. The standard InChI is InChI=1S/C73H121N17O23/c1-16-38(12)57(71(110)85-47(29-51(75)93)65(104)83-48(30-52(94)95)66(105)82-46(28-42-22-18-17-19-23-42)64(103)86-50(32-91)73(112)113)89-67(106)49(31-53(96)97)80-59(98)39(13)78-62(101)44(26-33(2)3)81-63(102)45(27-34(4)5)84-70(109)56(37(10)11)88-72(111)58(41(15)92)90-60(99)40(14)77-61(100)43(24-20-21-25-74)79-69(108)55(36(8)9)87-68(107)54(76)35(6)7/h17-19,22-23,33-41,43-50,54-58,91-92H,16,20-21,24-32,74,76H2,1-15H3,(H2,75,93)(H,77,100)(H,78,101)(H,79,108)(H,80,98)(H,81,102)(H,82,105)(H,83,104)(H,84,109)(H,85,110)(H,86,103)(H,87,107)(H,88,111)(H,89,106)(H,90,99)(H,94,95)(H,96,97)(H,112,113)/t38-,39-,40-,41+,43-,44-,45-,46-,47-,48-,49-,50-,54-,55-,56-,57-,58-/m0/s1.